The average molecular weight is 305 g/mol. The van der Waals surface area contributed by atoms with Crippen LogP contribution in [-0.2, 0) is 14.9 Å². The fourth-order valence-electron chi connectivity index (χ4n) is 2.50. The second-order valence-corrected chi connectivity index (χ2v) is 6.80. The summed E-state index contributed by atoms with van der Waals surface area (Å²) in [6.45, 7) is 8.95. The van der Waals surface area contributed by atoms with E-state index in [9.17, 15) is 4.79 Å². The lowest BCUT2D eigenvalue weighted by molar-refractivity contribution is -0.127. The number of amides is 1. The Morgan fingerprint density at radius 2 is 2.05 bits per heavy atom. The third-order valence-electron chi connectivity index (χ3n) is 3.96. The Morgan fingerprint density at radius 1 is 1.32 bits per heavy atom. The highest BCUT2D eigenvalue weighted by Gasteiger charge is 2.20. The van der Waals surface area contributed by atoms with Crippen molar-refractivity contribution in [3.8, 4) is 5.75 Å². The molecule has 0 spiro atoms. The molecule has 0 bridgehead atoms. The lowest BCUT2D eigenvalue weighted by Crippen LogP contribution is -2.36. The quantitative estimate of drug-likeness (QED) is 0.851. The molecular weight excluding hydrogens is 278 g/mol. The summed E-state index contributed by atoms with van der Waals surface area (Å²) in [5.41, 5.74) is 1.35. The summed E-state index contributed by atoms with van der Waals surface area (Å²) < 4.78 is 11.0. The van der Waals surface area contributed by atoms with Gasteiger partial charge in [-0.1, -0.05) is 32.9 Å². The van der Waals surface area contributed by atoms with Gasteiger partial charge < -0.3 is 14.8 Å². The summed E-state index contributed by atoms with van der Waals surface area (Å²) in [6.07, 6.45) is 1.64. The van der Waals surface area contributed by atoms with E-state index in [-0.39, 0.29) is 17.2 Å². The van der Waals surface area contributed by atoms with Crippen molar-refractivity contribution in [2.24, 2.45) is 5.92 Å². The number of nitrogens with one attached hydrogen (secondary N) is 1. The fourth-order valence-corrected chi connectivity index (χ4v) is 2.50. The van der Waals surface area contributed by atoms with E-state index in [1.807, 2.05) is 12.1 Å². The van der Waals surface area contributed by atoms with Gasteiger partial charge in [0.25, 0.3) is 0 Å². The number of benzene rings is 1. The molecule has 1 aliphatic rings. The van der Waals surface area contributed by atoms with Gasteiger partial charge in [-0.3, -0.25) is 4.79 Å². The van der Waals surface area contributed by atoms with Crippen LogP contribution in [0.3, 0.4) is 0 Å². The van der Waals surface area contributed by atoms with Crippen molar-refractivity contribution >= 4 is 5.91 Å². The number of carbonyl (C=O) groups excluding carboxylic acids is 1. The molecule has 0 unspecified atom stereocenters. The molecule has 0 radical (unpaired) electrons. The molecule has 0 aliphatic carbocycles. The first-order chi connectivity index (χ1) is 10.5. The zero-order valence-electron chi connectivity index (χ0n) is 13.9. The van der Waals surface area contributed by atoms with Crippen molar-refractivity contribution in [1.29, 1.82) is 0 Å². The highest BCUT2D eigenvalue weighted by Crippen LogP contribution is 2.25. The predicted molar refractivity (Wildman–Crippen MR) is 87.2 cm³/mol. The molecule has 2 rings (SSSR count). The topological polar surface area (TPSA) is 47.6 Å². The maximum atomic E-state index is 12.0. The highest BCUT2D eigenvalue weighted by atomic mass is 16.5. The second kappa shape index (κ2) is 7.63. The molecule has 1 heterocycles. The lowest BCUT2D eigenvalue weighted by Gasteiger charge is -2.21. The minimum Gasteiger partial charge on any atom is -0.492 e. The van der Waals surface area contributed by atoms with Gasteiger partial charge in [-0.25, -0.2) is 0 Å². The summed E-state index contributed by atoms with van der Waals surface area (Å²) in [7, 11) is 0. The average Bonchev–Trinajstić information content (AvgIpc) is 2.52. The predicted octanol–water partition coefficient (Wildman–Crippen LogP) is 2.91. The summed E-state index contributed by atoms with van der Waals surface area (Å²) in [4.78, 5) is 12.0. The summed E-state index contributed by atoms with van der Waals surface area (Å²) in [5, 5.41) is 2.95. The molecule has 1 saturated heterocycles. The molecule has 0 saturated carbocycles. The Bertz CT molecular complexity index is 487. The Morgan fingerprint density at radius 3 is 2.73 bits per heavy atom. The van der Waals surface area contributed by atoms with Gasteiger partial charge in [-0.15, -0.1) is 0 Å². The minimum absolute atomic E-state index is 0.0953. The van der Waals surface area contributed by atoms with Crippen molar-refractivity contribution in [1.82, 2.24) is 5.32 Å². The lowest BCUT2D eigenvalue weighted by atomic mass is 9.87. The third kappa shape index (κ3) is 5.02. The number of rotatable bonds is 5. The van der Waals surface area contributed by atoms with Gasteiger partial charge >= 0.3 is 0 Å². The van der Waals surface area contributed by atoms with Crippen molar-refractivity contribution in [3.63, 3.8) is 0 Å². The molecule has 1 aromatic carbocycles. The van der Waals surface area contributed by atoms with Gasteiger partial charge in [0.05, 0.1) is 6.54 Å². The van der Waals surface area contributed by atoms with Crippen molar-refractivity contribution in [2.75, 3.05) is 26.4 Å². The van der Waals surface area contributed by atoms with Crippen LogP contribution in [0, 0.1) is 5.92 Å². The van der Waals surface area contributed by atoms with Crippen LogP contribution in [0.25, 0.3) is 0 Å². The first-order valence-corrected chi connectivity index (χ1v) is 8.05. The normalized spacial score (nSPS) is 16.3. The third-order valence-corrected chi connectivity index (χ3v) is 3.96. The van der Waals surface area contributed by atoms with E-state index >= 15 is 0 Å². The SMILES string of the molecule is CC(C)(C)c1cccc(OCCNC(=O)C2CCOCC2)c1. The maximum absolute atomic E-state index is 12.0. The molecule has 0 aromatic heterocycles. The number of hydrogen-bond donors (Lipinski definition) is 1. The number of hydrogen-bond acceptors (Lipinski definition) is 3. The Labute approximate surface area is 133 Å². The molecule has 1 amide bonds. The molecule has 1 fully saturated rings. The number of carbonyl (C=O) groups is 1. The zero-order chi connectivity index (χ0) is 16.0. The first kappa shape index (κ1) is 16.8. The van der Waals surface area contributed by atoms with Crippen LogP contribution < -0.4 is 10.1 Å². The largest absolute Gasteiger partial charge is 0.492 e. The molecule has 122 valence electrons. The van der Waals surface area contributed by atoms with Crippen LogP contribution in [0.4, 0.5) is 0 Å². The Balaban J connectivity index is 1.73. The number of ether oxygens (including phenoxy) is 2. The first-order valence-electron chi connectivity index (χ1n) is 8.05. The maximum Gasteiger partial charge on any atom is 0.223 e. The van der Waals surface area contributed by atoms with Gasteiger partial charge in [-0.05, 0) is 36.0 Å². The van der Waals surface area contributed by atoms with Gasteiger partial charge in [-0.2, -0.15) is 0 Å². The van der Waals surface area contributed by atoms with Crippen LogP contribution >= 0.6 is 0 Å². The van der Waals surface area contributed by atoms with Crippen LogP contribution in [0.1, 0.15) is 39.2 Å². The Kier molecular flexibility index (Phi) is 5.83. The molecule has 4 heteroatoms. The zero-order valence-corrected chi connectivity index (χ0v) is 13.9. The van der Waals surface area contributed by atoms with Crippen LogP contribution in [0.15, 0.2) is 24.3 Å². The van der Waals surface area contributed by atoms with E-state index in [1.165, 1.54) is 5.56 Å². The summed E-state index contributed by atoms with van der Waals surface area (Å²) in [6, 6.07) is 8.14. The van der Waals surface area contributed by atoms with E-state index in [0.717, 1.165) is 18.6 Å². The van der Waals surface area contributed by atoms with E-state index in [1.54, 1.807) is 0 Å². The van der Waals surface area contributed by atoms with Gasteiger partial charge in [0.1, 0.15) is 12.4 Å². The van der Waals surface area contributed by atoms with E-state index in [0.29, 0.717) is 26.4 Å². The van der Waals surface area contributed by atoms with Crippen LogP contribution in [0.5, 0.6) is 5.75 Å². The molecule has 4 nitrogen and oxygen atoms in total. The molecule has 1 N–H and O–H groups in total. The van der Waals surface area contributed by atoms with Crippen molar-refractivity contribution in [2.45, 2.75) is 39.0 Å². The molecule has 0 atom stereocenters. The Hall–Kier alpha value is -1.55. The molecular formula is C18H27NO3. The highest BCUT2D eigenvalue weighted by molar-refractivity contribution is 5.78. The van der Waals surface area contributed by atoms with Crippen molar-refractivity contribution < 1.29 is 14.3 Å². The smallest absolute Gasteiger partial charge is 0.223 e. The van der Waals surface area contributed by atoms with Gasteiger partial charge in [0.2, 0.25) is 5.91 Å². The van der Waals surface area contributed by atoms with Crippen LogP contribution in [-0.4, -0.2) is 32.3 Å². The summed E-state index contributed by atoms with van der Waals surface area (Å²) in [5.74, 6) is 1.07. The fraction of sp³-hybridized carbons (Fsp3) is 0.611. The van der Waals surface area contributed by atoms with E-state index in [2.05, 4.69) is 38.2 Å². The monoisotopic (exact) mass is 305 g/mol. The second-order valence-electron chi connectivity index (χ2n) is 6.80. The van der Waals surface area contributed by atoms with Crippen LogP contribution in [0.2, 0.25) is 0 Å². The molecule has 1 aliphatic heterocycles. The molecule has 22 heavy (non-hydrogen) atoms. The minimum atomic E-state index is 0.0953. The van der Waals surface area contributed by atoms with Gasteiger partial charge in [0.15, 0.2) is 0 Å². The molecule has 1 aromatic rings. The van der Waals surface area contributed by atoms with E-state index in [4.69, 9.17) is 9.47 Å². The van der Waals surface area contributed by atoms with E-state index < -0.39 is 0 Å². The standard InChI is InChI=1S/C18H27NO3/c1-18(2,3)15-5-4-6-16(13-15)22-12-9-19-17(20)14-7-10-21-11-8-14/h4-6,13-14H,7-12H2,1-3H3,(H,19,20). The van der Waals surface area contributed by atoms with Crippen molar-refractivity contribution in [3.05, 3.63) is 29.8 Å². The summed E-state index contributed by atoms with van der Waals surface area (Å²) >= 11 is 0. The van der Waals surface area contributed by atoms with Gasteiger partial charge in [0, 0.05) is 19.1 Å².